The number of hydrogen-bond acceptors (Lipinski definition) is 4. The summed E-state index contributed by atoms with van der Waals surface area (Å²) in [6, 6.07) is 3.32. The maximum absolute atomic E-state index is 10.9. The van der Waals surface area contributed by atoms with E-state index in [0.717, 1.165) is 31.4 Å². The Bertz CT molecular complexity index is 528. The Morgan fingerprint density at radius 2 is 2.05 bits per heavy atom. The molecule has 1 saturated carbocycles. The van der Waals surface area contributed by atoms with Crippen LogP contribution in [0, 0.1) is 22.5 Å². The van der Waals surface area contributed by atoms with Crippen molar-refractivity contribution in [2.75, 3.05) is 18.5 Å². The first-order chi connectivity index (χ1) is 9.97. The van der Waals surface area contributed by atoms with Crippen LogP contribution < -0.4 is 5.32 Å². The Morgan fingerprint density at radius 3 is 2.62 bits per heavy atom. The number of aliphatic hydroxyl groups excluding tert-OH is 1. The minimum absolute atomic E-state index is 0.0621. The van der Waals surface area contributed by atoms with Crippen LogP contribution in [0.4, 0.5) is 11.4 Å². The number of hydrogen-bond donors (Lipinski definition) is 2. The van der Waals surface area contributed by atoms with Crippen molar-refractivity contribution >= 4 is 27.3 Å². The van der Waals surface area contributed by atoms with Gasteiger partial charge in [-0.25, -0.2) is 0 Å². The van der Waals surface area contributed by atoms with E-state index < -0.39 is 0 Å². The summed E-state index contributed by atoms with van der Waals surface area (Å²) in [6.07, 6.45) is 5.60. The molecule has 0 radical (unpaired) electrons. The van der Waals surface area contributed by atoms with Gasteiger partial charge in [-0.15, -0.1) is 0 Å². The number of benzene rings is 1. The Kier molecular flexibility index (Phi) is 5.22. The first kappa shape index (κ1) is 16.2. The monoisotopic (exact) mass is 356 g/mol. The van der Waals surface area contributed by atoms with E-state index in [4.69, 9.17) is 0 Å². The zero-order chi connectivity index (χ0) is 15.5. The number of nitro groups is 1. The standard InChI is InChI=1S/C15H21BrN2O3/c1-11-7-13(12(16)8-14(11)18(20)21)17-9-15(10-19)5-3-2-4-6-15/h7-8,17,19H,2-6,9-10H2,1H3. The molecule has 1 aliphatic carbocycles. The van der Waals surface area contributed by atoms with Crippen molar-refractivity contribution in [1.82, 2.24) is 0 Å². The van der Waals surface area contributed by atoms with Gasteiger partial charge in [0.15, 0.2) is 0 Å². The maximum Gasteiger partial charge on any atom is 0.273 e. The number of anilines is 1. The van der Waals surface area contributed by atoms with Gasteiger partial charge in [0.25, 0.3) is 5.69 Å². The normalized spacial score (nSPS) is 17.5. The lowest BCUT2D eigenvalue weighted by molar-refractivity contribution is -0.385. The van der Waals surface area contributed by atoms with Gasteiger partial charge in [0, 0.05) is 33.7 Å². The highest BCUT2D eigenvalue weighted by Gasteiger charge is 2.31. The fourth-order valence-electron chi connectivity index (χ4n) is 2.98. The molecule has 1 aliphatic rings. The lowest BCUT2D eigenvalue weighted by Gasteiger charge is -2.36. The van der Waals surface area contributed by atoms with Gasteiger partial charge in [-0.1, -0.05) is 19.3 Å². The molecule has 21 heavy (non-hydrogen) atoms. The Labute approximate surface area is 133 Å². The number of nitrogens with zero attached hydrogens (tertiary/aromatic N) is 1. The van der Waals surface area contributed by atoms with Gasteiger partial charge < -0.3 is 10.4 Å². The van der Waals surface area contributed by atoms with Gasteiger partial charge >= 0.3 is 0 Å². The van der Waals surface area contributed by atoms with Crippen molar-refractivity contribution < 1.29 is 10.0 Å². The molecule has 0 amide bonds. The van der Waals surface area contributed by atoms with Crippen LogP contribution in [0.5, 0.6) is 0 Å². The Balaban J connectivity index is 2.12. The molecular formula is C15H21BrN2O3. The molecule has 0 saturated heterocycles. The molecule has 0 aromatic heterocycles. The number of nitro benzene ring substituents is 1. The fourth-order valence-corrected chi connectivity index (χ4v) is 3.45. The molecule has 5 nitrogen and oxygen atoms in total. The molecule has 1 aromatic carbocycles. The highest BCUT2D eigenvalue weighted by Crippen LogP contribution is 2.37. The molecule has 0 bridgehead atoms. The number of nitrogens with one attached hydrogen (secondary N) is 1. The van der Waals surface area contributed by atoms with Crippen molar-refractivity contribution in [2.45, 2.75) is 39.0 Å². The summed E-state index contributed by atoms with van der Waals surface area (Å²) in [7, 11) is 0. The van der Waals surface area contributed by atoms with Crippen LogP contribution in [-0.4, -0.2) is 23.2 Å². The van der Waals surface area contributed by atoms with Crippen molar-refractivity contribution in [1.29, 1.82) is 0 Å². The fraction of sp³-hybridized carbons (Fsp3) is 0.600. The first-order valence-electron chi connectivity index (χ1n) is 7.27. The number of aryl methyl sites for hydroxylation is 1. The van der Waals surface area contributed by atoms with E-state index in [1.165, 1.54) is 12.5 Å². The van der Waals surface area contributed by atoms with E-state index in [1.807, 2.05) is 0 Å². The van der Waals surface area contributed by atoms with Crippen molar-refractivity contribution in [3.05, 3.63) is 32.3 Å². The molecule has 0 atom stereocenters. The van der Waals surface area contributed by atoms with Gasteiger partial charge in [0.1, 0.15) is 0 Å². The minimum atomic E-state index is -0.375. The predicted molar refractivity (Wildman–Crippen MR) is 86.6 cm³/mol. The molecule has 2 rings (SSSR count). The lowest BCUT2D eigenvalue weighted by Crippen LogP contribution is -2.35. The minimum Gasteiger partial charge on any atom is -0.396 e. The molecule has 0 heterocycles. The lowest BCUT2D eigenvalue weighted by atomic mass is 9.74. The molecule has 0 aliphatic heterocycles. The van der Waals surface area contributed by atoms with Gasteiger partial charge in [0.2, 0.25) is 0 Å². The summed E-state index contributed by atoms with van der Waals surface area (Å²) < 4.78 is 0.684. The number of aliphatic hydroxyl groups is 1. The van der Waals surface area contributed by atoms with Gasteiger partial charge in [-0.2, -0.15) is 0 Å². The highest BCUT2D eigenvalue weighted by atomic mass is 79.9. The zero-order valence-corrected chi connectivity index (χ0v) is 13.8. The van der Waals surface area contributed by atoms with Crippen LogP contribution in [0.25, 0.3) is 0 Å². The van der Waals surface area contributed by atoms with E-state index in [9.17, 15) is 15.2 Å². The first-order valence-corrected chi connectivity index (χ1v) is 8.06. The van der Waals surface area contributed by atoms with Crippen molar-refractivity contribution in [3.63, 3.8) is 0 Å². The third-order valence-corrected chi connectivity index (χ3v) is 5.04. The molecule has 0 unspecified atom stereocenters. The summed E-state index contributed by atoms with van der Waals surface area (Å²) in [5.41, 5.74) is 1.53. The topological polar surface area (TPSA) is 75.4 Å². The van der Waals surface area contributed by atoms with Gasteiger partial charge in [0.05, 0.1) is 11.5 Å². The Hall–Kier alpha value is -1.14. The molecule has 1 fully saturated rings. The van der Waals surface area contributed by atoms with Crippen LogP contribution in [0.3, 0.4) is 0 Å². The molecule has 2 N–H and O–H groups in total. The quantitative estimate of drug-likeness (QED) is 0.617. The molecule has 6 heteroatoms. The van der Waals surface area contributed by atoms with Gasteiger partial charge in [-0.05, 0) is 41.8 Å². The van der Waals surface area contributed by atoms with E-state index in [-0.39, 0.29) is 22.6 Å². The molecule has 0 spiro atoms. The largest absolute Gasteiger partial charge is 0.396 e. The van der Waals surface area contributed by atoms with Crippen LogP contribution in [-0.2, 0) is 0 Å². The SMILES string of the molecule is Cc1cc(NCC2(CO)CCCCC2)c(Br)cc1[N+](=O)[O-]. The van der Waals surface area contributed by atoms with E-state index >= 15 is 0 Å². The van der Waals surface area contributed by atoms with E-state index in [2.05, 4.69) is 21.2 Å². The molecule has 116 valence electrons. The van der Waals surface area contributed by atoms with E-state index in [0.29, 0.717) is 16.6 Å². The number of halogens is 1. The zero-order valence-electron chi connectivity index (χ0n) is 12.2. The second-order valence-corrected chi connectivity index (χ2v) is 6.80. The number of rotatable bonds is 5. The average Bonchev–Trinajstić information content (AvgIpc) is 2.48. The smallest absolute Gasteiger partial charge is 0.273 e. The summed E-state index contributed by atoms with van der Waals surface area (Å²) in [4.78, 5) is 10.5. The molecular weight excluding hydrogens is 336 g/mol. The van der Waals surface area contributed by atoms with Crippen LogP contribution in [0.15, 0.2) is 16.6 Å². The van der Waals surface area contributed by atoms with E-state index in [1.54, 1.807) is 13.0 Å². The van der Waals surface area contributed by atoms with Gasteiger partial charge in [-0.3, -0.25) is 10.1 Å². The molecule has 1 aromatic rings. The van der Waals surface area contributed by atoms with Crippen LogP contribution in [0.2, 0.25) is 0 Å². The van der Waals surface area contributed by atoms with Crippen LogP contribution >= 0.6 is 15.9 Å². The second kappa shape index (κ2) is 6.75. The summed E-state index contributed by atoms with van der Waals surface area (Å²) in [5.74, 6) is 0. The highest BCUT2D eigenvalue weighted by molar-refractivity contribution is 9.10. The Morgan fingerprint density at radius 1 is 1.38 bits per heavy atom. The second-order valence-electron chi connectivity index (χ2n) is 5.95. The van der Waals surface area contributed by atoms with Crippen LogP contribution in [0.1, 0.15) is 37.7 Å². The maximum atomic E-state index is 10.9. The average molecular weight is 357 g/mol. The summed E-state index contributed by atoms with van der Waals surface area (Å²) in [5, 5.41) is 24.0. The third kappa shape index (κ3) is 3.74. The predicted octanol–water partition coefficient (Wildman–Crippen LogP) is 4.02. The summed E-state index contributed by atoms with van der Waals surface area (Å²) in [6.45, 7) is 2.61. The third-order valence-electron chi connectivity index (χ3n) is 4.39. The summed E-state index contributed by atoms with van der Waals surface area (Å²) >= 11 is 3.38. The van der Waals surface area contributed by atoms with Crippen molar-refractivity contribution in [3.8, 4) is 0 Å². The van der Waals surface area contributed by atoms with Crippen molar-refractivity contribution in [2.24, 2.45) is 5.41 Å².